The lowest BCUT2D eigenvalue weighted by Gasteiger charge is -2.29. The zero-order valence-electron chi connectivity index (χ0n) is 21.0. The maximum atomic E-state index is 13.1. The van der Waals surface area contributed by atoms with Gasteiger partial charge in [-0.05, 0) is 45.4 Å². The SMILES string of the molecule is CC(O)C(NC(=O)C(CCCN=C(N)N)NC(=O)C1CCCN1C(=O)C(N)CCCN=C(N)N)C(=O)O. The molecule has 14 N–H and O–H groups in total. The van der Waals surface area contributed by atoms with Crippen molar-refractivity contribution in [3.63, 3.8) is 0 Å². The molecule has 5 atom stereocenters. The van der Waals surface area contributed by atoms with Crippen LogP contribution in [-0.2, 0) is 19.2 Å². The Morgan fingerprint density at radius 3 is 2.08 bits per heavy atom. The fourth-order valence-corrected chi connectivity index (χ4v) is 3.84. The van der Waals surface area contributed by atoms with Crippen molar-refractivity contribution in [3.05, 3.63) is 0 Å². The molecule has 1 rings (SSSR count). The van der Waals surface area contributed by atoms with E-state index in [-0.39, 0.29) is 31.3 Å². The van der Waals surface area contributed by atoms with Crippen LogP contribution in [0.4, 0.5) is 0 Å². The quantitative estimate of drug-likeness (QED) is 0.0558. The highest BCUT2D eigenvalue weighted by molar-refractivity contribution is 5.94. The topological polar surface area (TPSA) is 291 Å². The summed E-state index contributed by atoms with van der Waals surface area (Å²) in [6.45, 7) is 2.02. The van der Waals surface area contributed by atoms with Gasteiger partial charge in [-0.25, -0.2) is 4.79 Å². The Labute approximate surface area is 215 Å². The summed E-state index contributed by atoms with van der Waals surface area (Å²) < 4.78 is 0. The van der Waals surface area contributed by atoms with Crippen LogP contribution in [0.25, 0.3) is 0 Å². The van der Waals surface area contributed by atoms with Gasteiger partial charge in [0.15, 0.2) is 18.0 Å². The minimum atomic E-state index is -1.58. The number of carboxylic acids is 1. The Morgan fingerprint density at radius 2 is 1.57 bits per heavy atom. The van der Waals surface area contributed by atoms with E-state index in [0.29, 0.717) is 38.8 Å². The molecule has 1 aliphatic rings. The number of likely N-dealkylation sites (tertiary alicyclic amines) is 1. The predicted octanol–water partition coefficient (Wildman–Crippen LogP) is -4.15. The highest BCUT2D eigenvalue weighted by Gasteiger charge is 2.38. The van der Waals surface area contributed by atoms with Crippen molar-refractivity contribution in [2.75, 3.05) is 19.6 Å². The van der Waals surface area contributed by atoms with E-state index in [4.69, 9.17) is 28.7 Å². The molecule has 0 aromatic heterocycles. The van der Waals surface area contributed by atoms with Crippen LogP contribution in [0.15, 0.2) is 9.98 Å². The number of hydrogen-bond donors (Lipinski definition) is 9. The van der Waals surface area contributed by atoms with Crippen molar-refractivity contribution in [1.29, 1.82) is 0 Å². The third-order valence-corrected chi connectivity index (χ3v) is 5.75. The van der Waals surface area contributed by atoms with Gasteiger partial charge in [0.05, 0.1) is 12.1 Å². The van der Waals surface area contributed by atoms with Crippen LogP contribution in [0.3, 0.4) is 0 Å². The summed E-state index contributed by atoms with van der Waals surface area (Å²) in [4.78, 5) is 59.3. The Bertz CT molecular complexity index is 857. The Hall–Kier alpha value is -3.66. The van der Waals surface area contributed by atoms with E-state index in [9.17, 15) is 29.4 Å². The van der Waals surface area contributed by atoms with Crippen LogP contribution in [0.5, 0.6) is 0 Å². The van der Waals surface area contributed by atoms with Gasteiger partial charge in [0.1, 0.15) is 12.1 Å². The molecule has 1 aliphatic heterocycles. The normalized spacial score (nSPS) is 18.1. The number of carboxylic acid groups (broad SMARTS) is 1. The fraction of sp³-hybridized carbons (Fsp3) is 0.714. The largest absolute Gasteiger partial charge is 0.480 e. The lowest BCUT2D eigenvalue weighted by molar-refractivity contribution is -0.145. The monoisotopic (exact) mass is 528 g/mol. The van der Waals surface area contributed by atoms with Crippen molar-refractivity contribution in [2.24, 2.45) is 38.7 Å². The molecule has 16 heteroatoms. The number of carbonyl (C=O) groups is 4. The van der Waals surface area contributed by atoms with Crippen LogP contribution in [0.1, 0.15) is 45.4 Å². The first-order valence-electron chi connectivity index (χ1n) is 12.0. The Morgan fingerprint density at radius 1 is 1.00 bits per heavy atom. The van der Waals surface area contributed by atoms with Crippen molar-refractivity contribution >= 4 is 35.6 Å². The third kappa shape index (κ3) is 10.9. The van der Waals surface area contributed by atoms with Crippen molar-refractivity contribution in [2.45, 2.75) is 75.7 Å². The summed E-state index contributed by atoms with van der Waals surface area (Å²) in [6, 6.07) is -4.45. The minimum absolute atomic E-state index is 0.0591. The molecule has 0 aromatic rings. The first-order valence-corrected chi connectivity index (χ1v) is 12.0. The van der Waals surface area contributed by atoms with Crippen LogP contribution >= 0.6 is 0 Å². The number of aliphatic hydroxyl groups is 1. The van der Waals surface area contributed by atoms with Gasteiger partial charge in [0.25, 0.3) is 0 Å². The maximum absolute atomic E-state index is 13.1. The molecular formula is C21H40N10O6. The number of nitrogens with two attached hydrogens (primary N) is 5. The molecule has 1 heterocycles. The summed E-state index contributed by atoms with van der Waals surface area (Å²) in [5, 5.41) is 23.8. The molecule has 0 saturated carbocycles. The van der Waals surface area contributed by atoms with Gasteiger partial charge in [-0.2, -0.15) is 0 Å². The molecule has 0 aromatic carbocycles. The maximum Gasteiger partial charge on any atom is 0.328 e. The van der Waals surface area contributed by atoms with E-state index in [1.54, 1.807) is 0 Å². The number of carbonyl (C=O) groups excluding carboxylic acids is 3. The lowest BCUT2D eigenvalue weighted by atomic mass is 10.1. The first kappa shape index (κ1) is 31.4. The van der Waals surface area contributed by atoms with Gasteiger partial charge in [0, 0.05) is 19.6 Å². The van der Waals surface area contributed by atoms with Crippen LogP contribution < -0.4 is 39.3 Å². The molecule has 37 heavy (non-hydrogen) atoms. The van der Waals surface area contributed by atoms with Gasteiger partial charge in [-0.3, -0.25) is 24.4 Å². The molecule has 0 spiro atoms. The van der Waals surface area contributed by atoms with E-state index < -0.39 is 54.0 Å². The van der Waals surface area contributed by atoms with Gasteiger partial charge >= 0.3 is 5.97 Å². The highest BCUT2D eigenvalue weighted by Crippen LogP contribution is 2.19. The van der Waals surface area contributed by atoms with E-state index in [2.05, 4.69) is 20.6 Å². The third-order valence-electron chi connectivity index (χ3n) is 5.75. The molecule has 1 fully saturated rings. The van der Waals surface area contributed by atoms with Crippen molar-refractivity contribution in [3.8, 4) is 0 Å². The van der Waals surface area contributed by atoms with Gasteiger partial charge in [-0.15, -0.1) is 0 Å². The molecule has 0 bridgehead atoms. The summed E-state index contributed by atoms with van der Waals surface area (Å²) in [7, 11) is 0. The summed E-state index contributed by atoms with van der Waals surface area (Å²) in [5.41, 5.74) is 27.2. The second-order valence-electron chi connectivity index (χ2n) is 8.82. The molecule has 0 aliphatic carbocycles. The number of hydrogen-bond acceptors (Lipinski definition) is 8. The molecule has 210 valence electrons. The van der Waals surface area contributed by atoms with E-state index >= 15 is 0 Å². The van der Waals surface area contributed by atoms with Crippen molar-refractivity contribution < 1.29 is 29.4 Å². The molecule has 1 saturated heterocycles. The first-order chi connectivity index (χ1) is 17.3. The molecular weight excluding hydrogens is 488 g/mol. The van der Waals surface area contributed by atoms with Crippen LogP contribution in [-0.4, -0.2) is 101 Å². The molecule has 0 radical (unpaired) electrons. The van der Waals surface area contributed by atoms with Gasteiger partial charge in [-0.1, -0.05) is 0 Å². The standard InChI is InChI=1S/C21H40N10O6/c1-11(32)15(19(36)37)30-16(33)13(6-3-9-28-21(25)26)29-17(34)14-7-4-10-31(14)18(35)12(22)5-2-8-27-20(23)24/h11-15,32H,2-10,22H2,1H3,(H,29,34)(H,30,33)(H,36,37)(H4,23,24,27)(H4,25,26,28). The Kier molecular flexibility index (Phi) is 13.1. The average Bonchev–Trinajstić information content (AvgIpc) is 3.30. The molecule has 5 unspecified atom stereocenters. The highest BCUT2D eigenvalue weighted by atomic mass is 16.4. The zero-order valence-corrected chi connectivity index (χ0v) is 21.0. The van der Waals surface area contributed by atoms with E-state index in [0.717, 1.165) is 0 Å². The number of aliphatic imine (C=N–C) groups is 2. The Balaban J connectivity index is 2.90. The van der Waals surface area contributed by atoms with Gasteiger partial charge in [0.2, 0.25) is 17.7 Å². The number of amides is 3. The van der Waals surface area contributed by atoms with Crippen LogP contribution in [0.2, 0.25) is 0 Å². The lowest BCUT2D eigenvalue weighted by Crippen LogP contribution is -2.57. The smallest absolute Gasteiger partial charge is 0.328 e. The van der Waals surface area contributed by atoms with E-state index in [1.165, 1.54) is 11.8 Å². The number of rotatable bonds is 15. The summed E-state index contributed by atoms with van der Waals surface area (Å²) in [6.07, 6.45) is 0.702. The average molecular weight is 529 g/mol. The number of guanidine groups is 2. The predicted molar refractivity (Wildman–Crippen MR) is 136 cm³/mol. The van der Waals surface area contributed by atoms with Crippen molar-refractivity contribution in [1.82, 2.24) is 15.5 Å². The number of aliphatic hydroxyl groups excluding tert-OH is 1. The summed E-state index contributed by atoms with van der Waals surface area (Å²) >= 11 is 0. The molecule has 16 nitrogen and oxygen atoms in total. The minimum Gasteiger partial charge on any atom is -0.480 e. The fourth-order valence-electron chi connectivity index (χ4n) is 3.84. The van der Waals surface area contributed by atoms with E-state index in [1.807, 2.05) is 0 Å². The second-order valence-corrected chi connectivity index (χ2v) is 8.82. The second kappa shape index (κ2) is 15.5. The molecule has 3 amide bonds. The number of nitrogens with one attached hydrogen (secondary N) is 2. The summed E-state index contributed by atoms with van der Waals surface area (Å²) in [5.74, 6) is -3.43. The number of nitrogens with zero attached hydrogens (tertiary/aromatic N) is 3. The van der Waals surface area contributed by atoms with Crippen LogP contribution in [0, 0.1) is 0 Å². The number of aliphatic carboxylic acids is 1. The zero-order chi connectivity index (χ0) is 28.1. The van der Waals surface area contributed by atoms with Gasteiger partial charge < -0.3 is 54.4 Å².